The van der Waals surface area contributed by atoms with Gasteiger partial charge in [-0.15, -0.1) is 0 Å². The second-order valence-corrected chi connectivity index (χ2v) is 5.60. The lowest BCUT2D eigenvalue weighted by Gasteiger charge is -2.14. The molecule has 0 aliphatic carbocycles. The largest absolute Gasteiger partial charge is 0.483 e. The molecule has 0 bridgehead atoms. The Hall–Kier alpha value is -2.89. The monoisotopic (exact) mass is 344 g/mol. The van der Waals surface area contributed by atoms with Crippen molar-refractivity contribution in [1.29, 1.82) is 0 Å². The predicted molar refractivity (Wildman–Crippen MR) is 94.2 cm³/mol. The van der Waals surface area contributed by atoms with Gasteiger partial charge >= 0.3 is 0 Å². The third-order valence-corrected chi connectivity index (χ3v) is 3.63. The molecule has 25 heavy (non-hydrogen) atoms. The van der Waals surface area contributed by atoms with E-state index in [-0.39, 0.29) is 24.2 Å². The predicted octanol–water partition coefficient (Wildman–Crippen LogP) is 3.37. The molecule has 0 aliphatic rings. The number of hydrogen-bond donors (Lipinski definition) is 2. The molecule has 2 aromatic carbocycles. The Kier molecular flexibility index (Phi) is 6.51. The Morgan fingerprint density at radius 3 is 2.52 bits per heavy atom. The van der Waals surface area contributed by atoms with Crippen molar-refractivity contribution in [3.8, 4) is 5.75 Å². The fraction of sp³-hybridized carbons (Fsp3) is 0.263. The minimum absolute atomic E-state index is 0.0323. The van der Waals surface area contributed by atoms with Crippen molar-refractivity contribution >= 4 is 17.5 Å². The van der Waals surface area contributed by atoms with Gasteiger partial charge in [-0.1, -0.05) is 31.2 Å². The molecular formula is C19H21FN2O3. The van der Waals surface area contributed by atoms with Crippen LogP contribution in [0.1, 0.15) is 30.6 Å². The summed E-state index contributed by atoms with van der Waals surface area (Å²) in [5, 5.41) is 5.28. The zero-order chi connectivity index (χ0) is 18.2. The van der Waals surface area contributed by atoms with E-state index in [1.54, 1.807) is 30.3 Å². The number of halogens is 1. The smallest absolute Gasteiger partial charge is 0.262 e. The highest BCUT2D eigenvalue weighted by molar-refractivity contribution is 5.97. The number of nitrogens with one attached hydrogen (secondary N) is 2. The fourth-order valence-electron chi connectivity index (χ4n) is 2.08. The molecule has 0 saturated heterocycles. The summed E-state index contributed by atoms with van der Waals surface area (Å²) in [6, 6.07) is 12.6. The highest BCUT2D eigenvalue weighted by atomic mass is 19.1. The molecule has 0 radical (unpaired) electrons. The van der Waals surface area contributed by atoms with Gasteiger partial charge in [0.25, 0.3) is 11.8 Å². The summed E-state index contributed by atoms with van der Waals surface area (Å²) in [5.74, 6) is -1.00. The zero-order valence-electron chi connectivity index (χ0n) is 14.2. The van der Waals surface area contributed by atoms with Crippen LogP contribution in [0, 0.1) is 5.82 Å². The summed E-state index contributed by atoms with van der Waals surface area (Å²) < 4.78 is 19.0. The second-order valence-electron chi connectivity index (χ2n) is 5.60. The maximum Gasteiger partial charge on any atom is 0.262 e. The van der Waals surface area contributed by atoms with Crippen molar-refractivity contribution in [1.82, 2.24) is 5.32 Å². The molecule has 0 aliphatic heterocycles. The molecular weight excluding hydrogens is 323 g/mol. The van der Waals surface area contributed by atoms with E-state index in [4.69, 9.17) is 4.74 Å². The van der Waals surface area contributed by atoms with Crippen LogP contribution < -0.4 is 15.4 Å². The molecule has 0 fully saturated rings. The van der Waals surface area contributed by atoms with Crippen molar-refractivity contribution in [2.75, 3.05) is 11.9 Å². The first-order valence-electron chi connectivity index (χ1n) is 8.08. The molecule has 6 heteroatoms. The maximum atomic E-state index is 13.5. The van der Waals surface area contributed by atoms with Crippen molar-refractivity contribution in [3.05, 3.63) is 59.9 Å². The maximum absolute atomic E-state index is 13.5. The van der Waals surface area contributed by atoms with Crippen molar-refractivity contribution in [2.45, 2.75) is 26.3 Å². The van der Waals surface area contributed by atoms with Crippen LogP contribution in [0.25, 0.3) is 0 Å². The quantitative estimate of drug-likeness (QED) is 0.809. The highest BCUT2D eigenvalue weighted by Crippen LogP contribution is 2.18. The summed E-state index contributed by atoms with van der Waals surface area (Å²) in [7, 11) is 0. The topological polar surface area (TPSA) is 67.4 Å². The molecule has 2 amide bonds. The normalized spacial score (nSPS) is 11.5. The molecule has 132 valence electrons. The van der Waals surface area contributed by atoms with Crippen LogP contribution in [-0.4, -0.2) is 24.5 Å². The summed E-state index contributed by atoms with van der Waals surface area (Å²) in [5.41, 5.74) is 0.431. The molecule has 2 rings (SSSR count). The Morgan fingerprint density at radius 2 is 1.80 bits per heavy atom. The third kappa shape index (κ3) is 5.31. The van der Waals surface area contributed by atoms with Crippen LogP contribution >= 0.6 is 0 Å². The van der Waals surface area contributed by atoms with Crippen LogP contribution in [0.5, 0.6) is 5.75 Å². The van der Waals surface area contributed by atoms with E-state index < -0.39 is 11.7 Å². The van der Waals surface area contributed by atoms with Crippen LogP contribution in [0.15, 0.2) is 48.5 Å². The van der Waals surface area contributed by atoms with Crippen LogP contribution in [-0.2, 0) is 4.79 Å². The molecule has 2 aromatic rings. The van der Waals surface area contributed by atoms with Gasteiger partial charge in [-0.05, 0) is 37.6 Å². The Balaban J connectivity index is 2.00. The molecule has 5 nitrogen and oxygen atoms in total. The van der Waals surface area contributed by atoms with Gasteiger partial charge in [-0.2, -0.15) is 0 Å². The summed E-state index contributed by atoms with van der Waals surface area (Å²) in [6.45, 7) is 3.55. The van der Waals surface area contributed by atoms with Crippen LogP contribution in [0.2, 0.25) is 0 Å². The number of amides is 2. The first-order valence-corrected chi connectivity index (χ1v) is 8.08. The van der Waals surface area contributed by atoms with Gasteiger partial charge in [-0.3, -0.25) is 9.59 Å². The van der Waals surface area contributed by atoms with E-state index in [2.05, 4.69) is 10.6 Å². The SMILES string of the molecule is CCC(C)NC(=O)c1ccccc1OCC(=O)Nc1ccccc1F. The average molecular weight is 344 g/mol. The van der Waals surface area contributed by atoms with Crippen molar-refractivity contribution < 1.29 is 18.7 Å². The Bertz CT molecular complexity index is 749. The van der Waals surface area contributed by atoms with Crippen LogP contribution in [0.3, 0.4) is 0 Å². The molecule has 0 aromatic heterocycles. The summed E-state index contributed by atoms with van der Waals surface area (Å²) in [4.78, 5) is 24.2. The lowest BCUT2D eigenvalue weighted by atomic mass is 10.1. The van der Waals surface area contributed by atoms with Crippen LogP contribution in [0.4, 0.5) is 10.1 Å². The number of ether oxygens (including phenoxy) is 1. The van der Waals surface area contributed by atoms with Gasteiger partial charge in [0, 0.05) is 6.04 Å². The minimum atomic E-state index is -0.524. The van der Waals surface area contributed by atoms with E-state index in [0.29, 0.717) is 11.3 Å². The molecule has 0 heterocycles. The molecule has 1 atom stereocenters. The standard InChI is InChI=1S/C19H21FN2O3/c1-3-13(2)21-19(24)14-8-4-7-11-17(14)25-12-18(23)22-16-10-6-5-9-15(16)20/h4-11,13H,3,12H2,1-2H3,(H,21,24)(H,22,23). The summed E-state index contributed by atoms with van der Waals surface area (Å²) in [6.07, 6.45) is 0.805. The summed E-state index contributed by atoms with van der Waals surface area (Å²) >= 11 is 0. The lowest BCUT2D eigenvalue weighted by molar-refractivity contribution is -0.118. The molecule has 2 N–H and O–H groups in total. The minimum Gasteiger partial charge on any atom is -0.483 e. The average Bonchev–Trinajstić information content (AvgIpc) is 2.62. The number of hydrogen-bond acceptors (Lipinski definition) is 3. The Labute approximate surface area is 146 Å². The second kappa shape index (κ2) is 8.82. The van der Waals surface area contributed by atoms with Gasteiger partial charge in [0.1, 0.15) is 11.6 Å². The number of benzene rings is 2. The number of anilines is 1. The zero-order valence-corrected chi connectivity index (χ0v) is 14.2. The van der Waals surface area contributed by atoms with E-state index >= 15 is 0 Å². The van der Waals surface area contributed by atoms with E-state index in [1.165, 1.54) is 18.2 Å². The van der Waals surface area contributed by atoms with Crippen molar-refractivity contribution in [2.24, 2.45) is 0 Å². The van der Waals surface area contributed by atoms with E-state index in [0.717, 1.165) is 6.42 Å². The molecule has 1 unspecified atom stereocenters. The van der Waals surface area contributed by atoms with Gasteiger partial charge in [0.05, 0.1) is 11.3 Å². The van der Waals surface area contributed by atoms with E-state index in [1.807, 2.05) is 13.8 Å². The third-order valence-electron chi connectivity index (χ3n) is 3.63. The van der Waals surface area contributed by atoms with E-state index in [9.17, 15) is 14.0 Å². The fourth-order valence-corrected chi connectivity index (χ4v) is 2.08. The Morgan fingerprint density at radius 1 is 1.12 bits per heavy atom. The number of rotatable bonds is 7. The van der Waals surface area contributed by atoms with Gasteiger partial charge < -0.3 is 15.4 Å². The number of carbonyl (C=O) groups is 2. The highest BCUT2D eigenvalue weighted by Gasteiger charge is 2.15. The first kappa shape index (κ1) is 18.4. The van der Waals surface area contributed by atoms with Gasteiger partial charge in [0.15, 0.2) is 6.61 Å². The molecule has 0 spiro atoms. The van der Waals surface area contributed by atoms with Gasteiger partial charge in [-0.25, -0.2) is 4.39 Å². The van der Waals surface area contributed by atoms with Gasteiger partial charge in [0.2, 0.25) is 0 Å². The lowest BCUT2D eigenvalue weighted by Crippen LogP contribution is -2.32. The molecule has 0 saturated carbocycles. The number of carbonyl (C=O) groups excluding carboxylic acids is 2. The first-order chi connectivity index (χ1) is 12.0. The van der Waals surface area contributed by atoms with Crippen molar-refractivity contribution in [3.63, 3.8) is 0 Å². The number of para-hydroxylation sites is 2.